The molecule has 0 radical (unpaired) electrons. The molecule has 0 spiro atoms. The number of tetrazole rings is 1. The number of fused-ring (bicyclic) bond motifs is 1. The molecule has 0 saturated carbocycles. The van der Waals surface area contributed by atoms with Gasteiger partial charge in [-0.15, -0.1) is 5.10 Å². The SMILES string of the molecule is O=C1CCCc2nc(-c3cc(F)cc(-c4nnn[nH]4)c3)ccc21. The van der Waals surface area contributed by atoms with E-state index in [-0.39, 0.29) is 5.78 Å². The lowest BCUT2D eigenvalue weighted by molar-refractivity contribution is 0.0971. The minimum Gasteiger partial charge on any atom is -0.294 e. The van der Waals surface area contributed by atoms with Crippen LogP contribution in [0.15, 0.2) is 30.3 Å². The highest BCUT2D eigenvalue weighted by Gasteiger charge is 2.19. The number of halogens is 1. The first-order valence-corrected chi connectivity index (χ1v) is 7.29. The second kappa shape index (κ2) is 5.35. The Bertz CT molecular complexity index is 891. The molecule has 0 amide bonds. The van der Waals surface area contributed by atoms with Crippen molar-refractivity contribution in [3.05, 3.63) is 47.4 Å². The summed E-state index contributed by atoms with van der Waals surface area (Å²) in [6.07, 6.45) is 2.14. The van der Waals surface area contributed by atoms with Gasteiger partial charge in [0.1, 0.15) is 5.82 Å². The first kappa shape index (κ1) is 13.7. The lowest BCUT2D eigenvalue weighted by atomic mass is 9.94. The Morgan fingerprint density at radius 1 is 1.09 bits per heavy atom. The van der Waals surface area contributed by atoms with E-state index < -0.39 is 5.82 Å². The number of carbonyl (C=O) groups is 1. The van der Waals surface area contributed by atoms with Crippen LogP contribution in [0.3, 0.4) is 0 Å². The van der Waals surface area contributed by atoms with E-state index in [9.17, 15) is 9.18 Å². The largest absolute Gasteiger partial charge is 0.294 e. The molecule has 4 rings (SSSR count). The number of aryl methyl sites for hydroxylation is 1. The summed E-state index contributed by atoms with van der Waals surface area (Å²) in [5.74, 6) is 0.112. The number of hydrogen-bond acceptors (Lipinski definition) is 5. The average Bonchev–Trinajstić information content (AvgIpc) is 3.09. The molecule has 1 aliphatic rings. The molecule has 1 aromatic carbocycles. The van der Waals surface area contributed by atoms with Crippen molar-refractivity contribution in [2.45, 2.75) is 19.3 Å². The number of carbonyl (C=O) groups excluding carboxylic acids is 1. The van der Waals surface area contributed by atoms with Crippen molar-refractivity contribution in [3.8, 4) is 22.6 Å². The smallest absolute Gasteiger partial charge is 0.179 e. The number of nitrogens with zero attached hydrogens (tertiary/aromatic N) is 4. The van der Waals surface area contributed by atoms with Gasteiger partial charge in [-0.1, -0.05) is 0 Å². The van der Waals surface area contributed by atoms with Gasteiger partial charge in [0.05, 0.1) is 11.4 Å². The van der Waals surface area contributed by atoms with Crippen molar-refractivity contribution in [3.63, 3.8) is 0 Å². The Kier molecular flexibility index (Phi) is 3.18. The van der Waals surface area contributed by atoms with Gasteiger partial charge in [-0.25, -0.2) is 9.49 Å². The third-order valence-electron chi connectivity index (χ3n) is 3.90. The summed E-state index contributed by atoms with van der Waals surface area (Å²) in [4.78, 5) is 16.4. The number of ketones is 1. The number of aromatic nitrogens is 5. The number of pyridine rings is 1. The Morgan fingerprint density at radius 3 is 2.78 bits per heavy atom. The van der Waals surface area contributed by atoms with Gasteiger partial charge in [-0.2, -0.15) is 0 Å². The highest BCUT2D eigenvalue weighted by molar-refractivity contribution is 5.98. The Labute approximate surface area is 130 Å². The van der Waals surface area contributed by atoms with Crippen LogP contribution < -0.4 is 0 Å². The van der Waals surface area contributed by atoms with E-state index in [1.54, 1.807) is 18.2 Å². The summed E-state index contributed by atoms with van der Waals surface area (Å²) < 4.78 is 13.9. The van der Waals surface area contributed by atoms with E-state index in [0.717, 1.165) is 18.5 Å². The van der Waals surface area contributed by atoms with E-state index in [0.29, 0.717) is 34.6 Å². The Morgan fingerprint density at radius 2 is 1.96 bits per heavy atom. The van der Waals surface area contributed by atoms with Crippen LogP contribution >= 0.6 is 0 Å². The number of nitrogens with one attached hydrogen (secondary N) is 1. The molecule has 114 valence electrons. The summed E-state index contributed by atoms with van der Waals surface area (Å²) in [6, 6.07) is 8.06. The van der Waals surface area contributed by atoms with Crippen molar-refractivity contribution in [2.75, 3.05) is 0 Å². The molecule has 1 aliphatic carbocycles. The lowest BCUT2D eigenvalue weighted by Gasteiger charge is -2.14. The van der Waals surface area contributed by atoms with Gasteiger partial charge in [-0.05, 0) is 53.6 Å². The topological polar surface area (TPSA) is 84.4 Å². The van der Waals surface area contributed by atoms with Crippen LogP contribution in [0, 0.1) is 5.82 Å². The van der Waals surface area contributed by atoms with Crippen molar-refractivity contribution in [2.24, 2.45) is 0 Å². The van der Waals surface area contributed by atoms with E-state index in [1.165, 1.54) is 12.1 Å². The molecule has 23 heavy (non-hydrogen) atoms. The van der Waals surface area contributed by atoms with E-state index >= 15 is 0 Å². The number of H-pyrrole nitrogens is 1. The van der Waals surface area contributed by atoms with Gasteiger partial charge in [0.25, 0.3) is 0 Å². The highest BCUT2D eigenvalue weighted by Crippen LogP contribution is 2.27. The predicted octanol–water partition coefficient (Wildman–Crippen LogP) is 2.59. The minimum atomic E-state index is -0.399. The fourth-order valence-electron chi connectivity index (χ4n) is 2.81. The number of hydrogen-bond donors (Lipinski definition) is 1. The summed E-state index contributed by atoms with van der Waals surface area (Å²) >= 11 is 0. The zero-order valence-corrected chi connectivity index (χ0v) is 12.1. The van der Waals surface area contributed by atoms with Gasteiger partial charge in [0.15, 0.2) is 11.6 Å². The maximum Gasteiger partial charge on any atom is 0.179 e. The van der Waals surface area contributed by atoms with Crippen molar-refractivity contribution >= 4 is 5.78 Å². The molecule has 2 heterocycles. The fourth-order valence-corrected chi connectivity index (χ4v) is 2.81. The molecule has 6 nitrogen and oxygen atoms in total. The molecule has 7 heteroatoms. The Hall–Kier alpha value is -2.96. The first-order chi connectivity index (χ1) is 11.2. The zero-order valence-electron chi connectivity index (χ0n) is 12.1. The van der Waals surface area contributed by atoms with Crippen LogP contribution in [0.2, 0.25) is 0 Å². The summed E-state index contributed by atoms with van der Waals surface area (Å²) in [6.45, 7) is 0. The quantitative estimate of drug-likeness (QED) is 0.786. The van der Waals surface area contributed by atoms with E-state index in [2.05, 4.69) is 25.6 Å². The molecule has 0 unspecified atom stereocenters. The standard InChI is InChI=1S/C16H12FN5O/c17-11-7-9(6-10(8-11)16-19-21-22-20-16)13-5-4-12-14(18-13)2-1-3-15(12)23/h4-8H,1-3H2,(H,19,20,21,22). The number of rotatable bonds is 2. The zero-order chi connectivity index (χ0) is 15.8. The molecule has 0 atom stereocenters. The maximum atomic E-state index is 13.9. The number of Topliss-reactive ketones (excluding diaryl/α,β-unsaturated/α-hetero) is 1. The highest BCUT2D eigenvalue weighted by atomic mass is 19.1. The van der Waals surface area contributed by atoms with Crippen LogP contribution in [0.4, 0.5) is 4.39 Å². The molecule has 2 aromatic heterocycles. The third-order valence-corrected chi connectivity index (χ3v) is 3.90. The first-order valence-electron chi connectivity index (χ1n) is 7.29. The maximum absolute atomic E-state index is 13.9. The van der Waals surface area contributed by atoms with Gasteiger partial charge in [-0.3, -0.25) is 9.78 Å². The van der Waals surface area contributed by atoms with Gasteiger partial charge in [0.2, 0.25) is 0 Å². The van der Waals surface area contributed by atoms with Crippen molar-refractivity contribution in [1.29, 1.82) is 0 Å². The molecule has 3 aromatic rings. The minimum absolute atomic E-state index is 0.123. The Balaban J connectivity index is 1.80. The van der Waals surface area contributed by atoms with Gasteiger partial charge >= 0.3 is 0 Å². The average molecular weight is 309 g/mol. The van der Waals surface area contributed by atoms with Crippen molar-refractivity contribution in [1.82, 2.24) is 25.6 Å². The molecule has 1 N–H and O–H groups in total. The molecular formula is C16H12FN5O. The lowest BCUT2D eigenvalue weighted by Crippen LogP contribution is -2.12. The van der Waals surface area contributed by atoms with Gasteiger partial charge in [0, 0.05) is 23.1 Å². The summed E-state index contributed by atoms with van der Waals surface area (Å²) in [5.41, 5.74) is 3.26. The molecular weight excluding hydrogens is 297 g/mol. The molecule has 0 bridgehead atoms. The van der Waals surface area contributed by atoms with Crippen molar-refractivity contribution < 1.29 is 9.18 Å². The van der Waals surface area contributed by atoms with Crippen LogP contribution in [0.5, 0.6) is 0 Å². The molecule has 0 aliphatic heterocycles. The van der Waals surface area contributed by atoms with E-state index in [1.807, 2.05) is 0 Å². The van der Waals surface area contributed by atoms with E-state index in [4.69, 9.17) is 0 Å². The second-order valence-electron chi connectivity index (χ2n) is 5.45. The summed E-state index contributed by atoms with van der Waals surface area (Å²) in [5, 5.41) is 13.4. The number of benzene rings is 1. The number of aromatic amines is 1. The molecule has 0 saturated heterocycles. The second-order valence-corrected chi connectivity index (χ2v) is 5.45. The summed E-state index contributed by atoms with van der Waals surface area (Å²) in [7, 11) is 0. The van der Waals surface area contributed by atoms with Gasteiger partial charge < -0.3 is 0 Å². The predicted molar refractivity (Wildman–Crippen MR) is 80.1 cm³/mol. The van der Waals surface area contributed by atoms with Crippen LogP contribution in [0.25, 0.3) is 22.6 Å². The monoisotopic (exact) mass is 309 g/mol. The van der Waals surface area contributed by atoms with Crippen LogP contribution in [-0.4, -0.2) is 31.4 Å². The normalized spacial score (nSPS) is 13.9. The fraction of sp³-hybridized carbons (Fsp3) is 0.188. The van der Waals surface area contributed by atoms with Crippen LogP contribution in [-0.2, 0) is 6.42 Å². The third kappa shape index (κ3) is 2.50. The van der Waals surface area contributed by atoms with Crippen LogP contribution in [0.1, 0.15) is 28.9 Å². The molecule has 0 fully saturated rings.